The maximum absolute atomic E-state index is 3.60. The predicted octanol–water partition coefficient (Wildman–Crippen LogP) is 3.64. The van der Waals surface area contributed by atoms with Crippen LogP contribution in [0.3, 0.4) is 0 Å². The van der Waals surface area contributed by atoms with E-state index in [2.05, 4.69) is 48.0 Å². The van der Waals surface area contributed by atoms with Gasteiger partial charge in [0, 0.05) is 4.47 Å². The van der Waals surface area contributed by atoms with Crippen LogP contribution in [0.5, 0.6) is 0 Å². The van der Waals surface area contributed by atoms with Crippen LogP contribution in [0.15, 0.2) is 16.6 Å². The lowest BCUT2D eigenvalue weighted by atomic mass is 10.0. The minimum Gasteiger partial charge on any atom is -0.0795 e. The molecule has 0 saturated carbocycles. The van der Waals surface area contributed by atoms with Gasteiger partial charge in [-0.25, -0.2) is 0 Å². The van der Waals surface area contributed by atoms with Gasteiger partial charge in [0.05, 0.1) is 0 Å². The SMILES string of the molecule is Cc1cc2c(c(C)c1Br)C=CC2. The molecule has 1 heteroatoms. The Morgan fingerprint density at radius 2 is 2.08 bits per heavy atom. The molecular formula is C11H11Br. The van der Waals surface area contributed by atoms with Gasteiger partial charge in [-0.1, -0.05) is 34.1 Å². The minimum atomic E-state index is 1.10. The molecule has 0 heterocycles. The van der Waals surface area contributed by atoms with Gasteiger partial charge in [-0.2, -0.15) is 0 Å². The van der Waals surface area contributed by atoms with Gasteiger partial charge in [0.2, 0.25) is 0 Å². The third-order valence-electron chi connectivity index (χ3n) is 2.44. The van der Waals surface area contributed by atoms with Crippen molar-refractivity contribution in [3.05, 3.63) is 38.9 Å². The third-order valence-corrected chi connectivity index (χ3v) is 3.66. The van der Waals surface area contributed by atoms with Crippen molar-refractivity contribution in [2.75, 3.05) is 0 Å². The number of rotatable bonds is 0. The Bertz CT molecular complexity index is 362. The van der Waals surface area contributed by atoms with Crippen LogP contribution in [0, 0.1) is 13.8 Å². The lowest BCUT2D eigenvalue weighted by Gasteiger charge is -2.08. The van der Waals surface area contributed by atoms with Crippen molar-refractivity contribution < 1.29 is 0 Å². The number of halogens is 1. The van der Waals surface area contributed by atoms with Gasteiger partial charge < -0.3 is 0 Å². The van der Waals surface area contributed by atoms with Gasteiger partial charge in [0.25, 0.3) is 0 Å². The highest BCUT2D eigenvalue weighted by molar-refractivity contribution is 9.10. The average molecular weight is 223 g/mol. The van der Waals surface area contributed by atoms with E-state index in [-0.39, 0.29) is 0 Å². The Morgan fingerprint density at radius 3 is 2.83 bits per heavy atom. The average Bonchev–Trinajstić information content (AvgIpc) is 2.48. The second kappa shape index (κ2) is 2.74. The van der Waals surface area contributed by atoms with Crippen LogP contribution in [0.1, 0.15) is 22.3 Å². The number of aryl methyl sites for hydroxylation is 1. The van der Waals surface area contributed by atoms with Crippen molar-refractivity contribution in [3.63, 3.8) is 0 Å². The molecule has 1 aliphatic rings. The summed E-state index contributed by atoms with van der Waals surface area (Å²) in [6, 6.07) is 2.27. The Labute approximate surface area is 81.4 Å². The molecule has 0 radical (unpaired) electrons. The molecule has 2 rings (SSSR count). The quantitative estimate of drug-likeness (QED) is 0.629. The van der Waals surface area contributed by atoms with Crippen molar-refractivity contribution >= 4 is 22.0 Å². The van der Waals surface area contributed by atoms with Crippen LogP contribution in [-0.4, -0.2) is 0 Å². The van der Waals surface area contributed by atoms with Crippen molar-refractivity contribution in [3.8, 4) is 0 Å². The van der Waals surface area contributed by atoms with Gasteiger partial charge in [0.1, 0.15) is 0 Å². The molecule has 0 spiro atoms. The first-order chi connectivity index (χ1) is 5.70. The maximum atomic E-state index is 3.60. The summed E-state index contributed by atoms with van der Waals surface area (Å²) in [4.78, 5) is 0. The van der Waals surface area contributed by atoms with Crippen LogP contribution >= 0.6 is 15.9 Å². The Kier molecular flexibility index (Phi) is 1.84. The van der Waals surface area contributed by atoms with Gasteiger partial charge in [-0.3, -0.25) is 0 Å². The molecule has 0 atom stereocenters. The van der Waals surface area contributed by atoms with E-state index in [1.165, 1.54) is 26.7 Å². The summed E-state index contributed by atoms with van der Waals surface area (Å²) in [6.07, 6.45) is 5.54. The zero-order chi connectivity index (χ0) is 8.72. The highest BCUT2D eigenvalue weighted by atomic mass is 79.9. The lowest BCUT2D eigenvalue weighted by molar-refractivity contribution is 1.23. The molecule has 0 N–H and O–H groups in total. The summed E-state index contributed by atoms with van der Waals surface area (Å²) in [5.74, 6) is 0. The van der Waals surface area contributed by atoms with E-state index in [0.29, 0.717) is 0 Å². The number of hydrogen-bond donors (Lipinski definition) is 0. The topological polar surface area (TPSA) is 0 Å². The van der Waals surface area contributed by atoms with Crippen molar-refractivity contribution in [2.24, 2.45) is 0 Å². The first-order valence-corrected chi connectivity index (χ1v) is 4.94. The van der Waals surface area contributed by atoms with E-state index in [9.17, 15) is 0 Å². The minimum absolute atomic E-state index is 1.10. The molecule has 0 bridgehead atoms. The molecule has 1 aliphatic carbocycles. The Morgan fingerprint density at radius 1 is 1.33 bits per heavy atom. The Hall–Kier alpha value is -0.560. The maximum Gasteiger partial charge on any atom is 0.0239 e. The van der Waals surface area contributed by atoms with Crippen molar-refractivity contribution in [1.29, 1.82) is 0 Å². The molecule has 1 aromatic rings. The summed E-state index contributed by atoms with van der Waals surface area (Å²) in [5, 5.41) is 0. The van der Waals surface area contributed by atoms with Crippen LogP contribution in [-0.2, 0) is 6.42 Å². The number of allylic oxidation sites excluding steroid dienone is 1. The zero-order valence-corrected chi connectivity index (χ0v) is 8.90. The second-order valence-corrected chi connectivity index (χ2v) is 4.10. The molecule has 0 saturated heterocycles. The molecule has 0 fully saturated rings. The zero-order valence-electron chi connectivity index (χ0n) is 7.32. The smallest absolute Gasteiger partial charge is 0.0239 e. The van der Waals surface area contributed by atoms with Gasteiger partial charge in [0.15, 0.2) is 0 Å². The molecular weight excluding hydrogens is 212 g/mol. The van der Waals surface area contributed by atoms with Gasteiger partial charge in [-0.05, 0) is 42.5 Å². The molecule has 62 valence electrons. The monoisotopic (exact) mass is 222 g/mol. The molecule has 0 amide bonds. The fraction of sp³-hybridized carbons (Fsp3) is 0.273. The molecule has 0 aromatic heterocycles. The molecule has 1 aromatic carbocycles. The Balaban J connectivity index is 2.73. The highest BCUT2D eigenvalue weighted by Gasteiger charge is 2.11. The van der Waals surface area contributed by atoms with Crippen LogP contribution in [0.4, 0.5) is 0 Å². The van der Waals surface area contributed by atoms with E-state index < -0.39 is 0 Å². The van der Waals surface area contributed by atoms with Gasteiger partial charge in [-0.15, -0.1) is 0 Å². The van der Waals surface area contributed by atoms with E-state index in [4.69, 9.17) is 0 Å². The summed E-state index contributed by atoms with van der Waals surface area (Å²) in [6.45, 7) is 4.32. The lowest BCUT2D eigenvalue weighted by Crippen LogP contribution is -1.90. The molecule has 12 heavy (non-hydrogen) atoms. The molecule has 0 nitrogen and oxygen atoms in total. The van der Waals surface area contributed by atoms with E-state index in [1.807, 2.05) is 0 Å². The van der Waals surface area contributed by atoms with Gasteiger partial charge >= 0.3 is 0 Å². The standard InChI is InChI=1S/C11H11Br/c1-7-6-9-4-3-5-10(9)8(2)11(7)12/h3,5-6H,4H2,1-2H3. The summed E-state index contributed by atoms with van der Waals surface area (Å²) in [5.41, 5.74) is 5.59. The largest absolute Gasteiger partial charge is 0.0795 e. The van der Waals surface area contributed by atoms with E-state index in [0.717, 1.165) is 6.42 Å². The highest BCUT2D eigenvalue weighted by Crippen LogP contribution is 2.31. The van der Waals surface area contributed by atoms with Crippen molar-refractivity contribution in [2.45, 2.75) is 20.3 Å². The predicted molar refractivity (Wildman–Crippen MR) is 56.4 cm³/mol. The third kappa shape index (κ3) is 1.04. The molecule has 0 aliphatic heterocycles. The summed E-state index contributed by atoms with van der Waals surface area (Å²) >= 11 is 3.60. The molecule has 0 unspecified atom stereocenters. The first-order valence-electron chi connectivity index (χ1n) is 4.15. The van der Waals surface area contributed by atoms with Crippen molar-refractivity contribution in [1.82, 2.24) is 0 Å². The van der Waals surface area contributed by atoms with Crippen LogP contribution in [0.2, 0.25) is 0 Å². The number of benzene rings is 1. The first kappa shape index (κ1) is 8.06. The fourth-order valence-corrected chi connectivity index (χ4v) is 2.09. The van der Waals surface area contributed by atoms with E-state index in [1.54, 1.807) is 0 Å². The van der Waals surface area contributed by atoms with Crippen LogP contribution in [0.25, 0.3) is 6.08 Å². The summed E-state index contributed by atoms with van der Waals surface area (Å²) in [7, 11) is 0. The number of hydrogen-bond acceptors (Lipinski definition) is 0. The summed E-state index contributed by atoms with van der Waals surface area (Å²) < 4.78 is 1.26. The fourth-order valence-electron chi connectivity index (χ4n) is 1.76. The number of fused-ring (bicyclic) bond motifs is 1. The second-order valence-electron chi connectivity index (χ2n) is 3.31. The van der Waals surface area contributed by atoms with Crippen LogP contribution < -0.4 is 0 Å². The normalized spacial score (nSPS) is 13.6. The van der Waals surface area contributed by atoms with E-state index >= 15 is 0 Å².